The highest BCUT2D eigenvalue weighted by Gasteiger charge is 2.21. The summed E-state index contributed by atoms with van der Waals surface area (Å²) in [5.74, 6) is 0.517. The van der Waals surface area contributed by atoms with Crippen molar-refractivity contribution in [3.8, 4) is 0 Å². The molecule has 0 spiro atoms. The quantitative estimate of drug-likeness (QED) is 0.861. The predicted octanol–water partition coefficient (Wildman–Crippen LogP) is 2.89. The predicted molar refractivity (Wildman–Crippen MR) is 74.8 cm³/mol. The Labute approximate surface area is 109 Å². The van der Waals surface area contributed by atoms with Crippen LogP contribution in [0.15, 0.2) is 24.3 Å². The summed E-state index contributed by atoms with van der Waals surface area (Å²) in [6, 6.07) is 8.02. The summed E-state index contributed by atoms with van der Waals surface area (Å²) in [4.78, 5) is 12.2. The second kappa shape index (κ2) is 6.01. The summed E-state index contributed by atoms with van der Waals surface area (Å²) in [5.41, 5.74) is 2.14. The van der Waals surface area contributed by atoms with Crippen LogP contribution in [0.5, 0.6) is 0 Å². The first-order valence-corrected chi connectivity index (χ1v) is 6.81. The van der Waals surface area contributed by atoms with Gasteiger partial charge in [0.2, 0.25) is 5.91 Å². The molecule has 0 radical (unpaired) electrons. The van der Waals surface area contributed by atoms with Gasteiger partial charge in [-0.1, -0.05) is 38.5 Å². The molecule has 1 amide bonds. The molecule has 1 aliphatic rings. The summed E-state index contributed by atoms with van der Waals surface area (Å²) in [6.45, 7) is 5.23. The lowest BCUT2D eigenvalue weighted by atomic mass is 10.00. The van der Waals surface area contributed by atoms with Crippen molar-refractivity contribution in [2.75, 3.05) is 11.9 Å². The molecular weight excluding hydrogens is 224 g/mol. The highest BCUT2D eigenvalue weighted by molar-refractivity contribution is 5.95. The van der Waals surface area contributed by atoms with Gasteiger partial charge in [-0.3, -0.25) is 4.79 Å². The van der Waals surface area contributed by atoms with Crippen molar-refractivity contribution >= 4 is 11.6 Å². The number of amides is 1. The van der Waals surface area contributed by atoms with Gasteiger partial charge in [-0.15, -0.1) is 0 Å². The van der Waals surface area contributed by atoms with E-state index in [1.165, 1.54) is 12.0 Å². The molecule has 1 fully saturated rings. The van der Waals surface area contributed by atoms with Crippen LogP contribution in [0.25, 0.3) is 0 Å². The molecule has 3 nitrogen and oxygen atoms in total. The van der Waals surface area contributed by atoms with Crippen molar-refractivity contribution in [3.63, 3.8) is 0 Å². The summed E-state index contributed by atoms with van der Waals surface area (Å²) in [5, 5.41) is 6.34. The van der Waals surface area contributed by atoms with Gasteiger partial charge in [-0.05, 0) is 36.9 Å². The molecule has 1 saturated heterocycles. The lowest BCUT2D eigenvalue weighted by molar-refractivity contribution is -0.118. The zero-order chi connectivity index (χ0) is 13.0. The third kappa shape index (κ3) is 3.10. The first-order valence-electron chi connectivity index (χ1n) is 6.81. The van der Waals surface area contributed by atoms with E-state index >= 15 is 0 Å². The van der Waals surface area contributed by atoms with Crippen molar-refractivity contribution in [3.05, 3.63) is 29.8 Å². The van der Waals surface area contributed by atoms with Crippen LogP contribution >= 0.6 is 0 Å². The van der Waals surface area contributed by atoms with Gasteiger partial charge in [0.1, 0.15) is 0 Å². The molecule has 0 saturated carbocycles. The SMILES string of the molecule is CC(C)c1ccccc1NC(=O)[C@@H]1CCCCN1. The third-order valence-electron chi connectivity index (χ3n) is 3.47. The Bertz CT molecular complexity index is 409. The van der Waals surface area contributed by atoms with Crippen LogP contribution in [0.1, 0.15) is 44.6 Å². The van der Waals surface area contributed by atoms with Gasteiger partial charge in [0.15, 0.2) is 0 Å². The average molecular weight is 246 g/mol. The van der Waals surface area contributed by atoms with E-state index in [4.69, 9.17) is 0 Å². The van der Waals surface area contributed by atoms with Crippen molar-refractivity contribution in [1.29, 1.82) is 0 Å². The second-order valence-corrected chi connectivity index (χ2v) is 5.23. The van der Waals surface area contributed by atoms with E-state index in [1.807, 2.05) is 18.2 Å². The number of carbonyl (C=O) groups is 1. The molecule has 0 unspecified atom stereocenters. The van der Waals surface area contributed by atoms with Gasteiger partial charge < -0.3 is 10.6 Å². The number of hydrogen-bond donors (Lipinski definition) is 2. The maximum absolute atomic E-state index is 12.2. The van der Waals surface area contributed by atoms with Crippen LogP contribution < -0.4 is 10.6 Å². The fourth-order valence-electron chi connectivity index (χ4n) is 2.41. The molecule has 0 bridgehead atoms. The van der Waals surface area contributed by atoms with Gasteiger partial charge in [0.25, 0.3) is 0 Å². The molecule has 2 rings (SSSR count). The van der Waals surface area contributed by atoms with Crippen molar-refractivity contribution < 1.29 is 4.79 Å². The van der Waals surface area contributed by atoms with E-state index in [2.05, 4.69) is 30.5 Å². The lowest BCUT2D eigenvalue weighted by Crippen LogP contribution is -2.43. The standard InChI is InChI=1S/C15H22N2O/c1-11(2)12-7-3-4-8-13(12)17-15(18)14-9-5-6-10-16-14/h3-4,7-8,11,14,16H,5-6,9-10H2,1-2H3,(H,17,18)/t14-/m0/s1. The molecule has 2 N–H and O–H groups in total. The summed E-state index contributed by atoms with van der Waals surface area (Å²) >= 11 is 0. The fraction of sp³-hybridized carbons (Fsp3) is 0.533. The number of hydrogen-bond acceptors (Lipinski definition) is 2. The van der Waals surface area contributed by atoms with Gasteiger partial charge >= 0.3 is 0 Å². The molecule has 98 valence electrons. The number of carbonyl (C=O) groups excluding carboxylic acids is 1. The molecule has 1 atom stereocenters. The monoisotopic (exact) mass is 246 g/mol. The number of anilines is 1. The summed E-state index contributed by atoms with van der Waals surface area (Å²) in [6.07, 6.45) is 3.25. The lowest BCUT2D eigenvalue weighted by Gasteiger charge is -2.23. The number of benzene rings is 1. The fourth-order valence-corrected chi connectivity index (χ4v) is 2.41. The molecule has 0 aromatic heterocycles. The second-order valence-electron chi connectivity index (χ2n) is 5.23. The van der Waals surface area contributed by atoms with Crippen molar-refractivity contribution in [2.45, 2.75) is 45.1 Å². The van der Waals surface area contributed by atoms with E-state index in [-0.39, 0.29) is 11.9 Å². The molecule has 18 heavy (non-hydrogen) atoms. The average Bonchev–Trinajstić information content (AvgIpc) is 2.40. The van der Waals surface area contributed by atoms with Crippen LogP contribution in [0.4, 0.5) is 5.69 Å². The Morgan fingerprint density at radius 2 is 2.11 bits per heavy atom. The zero-order valence-electron chi connectivity index (χ0n) is 11.2. The Morgan fingerprint density at radius 1 is 1.33 bits per heavy atom. The van der Waals surface area contributed by atoms with Crippen LogP contribution in [0.3, 0.4) is 0 Å². The van der Waals surface area contributed by atoms with E-state index < -0.39 is 0 Å². The van der Waals surface area contributed by atoms with Crippen LogP contribution in [0, 0.1) is 0 Å². The smallest absolute Gasteiger partial charge is 0.241 e. The number of para-hydroxylation sites is 1. The van der Waals surface area contributed by atoms with Crippen molar-refractivity contribution in [1.82, 2.24) is 5.32 Å². The Balaban J connectivity index is 2.06. The minimum Gasteiger partial charge on any atom is -0.324 e. The number of nitrogens with one attached hydrogen (secondary N) is 2. The number of piperidine rings is 1. The third-order valence-corrected chi connectivity index (χ3v) is 3.47. The molecule has 1 heterocycles. The maximum Gasteiger partial charge on any atom is 0.241 e. The first-order chi connectivity index (χ1) is 8.68. The Morgan fingerprint density at radius 3 is 2.78 bits per heavy atom. The molecule has 0 aliphatic carbocycles. The highest BCUT2D eigenvalue weighted by atomic mass is 16.2. The van der Waals surface area contributed by atoms with E-state index in [9.17, 15) is 4.79 Å². The Kier molecular flexibility index (Phi) is 4.37. The van der Waals surface area contributed by atoms with Gasteiger partial charge in [-0.25, -0.2) is 0 Å². The molecule has 1 aromatic rings. The maximum atomic E-state index is 12.2. The number of rotatable bonds is 3. The van der Waals surface area contributed by atoms with Gasteiger partial charge in [0.05, 0.1) is 6.04 Å². The van der Waals surface area contributed by atoms with Gasteiger partial charge in [0, 0.05) is 5.69 Å². The molecular formula is C15H22N2O. The molecule has 1 aliphatic heterocycles. The summed E-state index contributed by atoms with van der Waals surface area (Å²) < 4.78 is 0. The minimum atomic E-state index is -0.0287. The molecule has 3 heteroatoms. The Hall–Kier alpha value is -1.35. The van der Waals surface area contributed by atoms with Crippen LogP contribution in [0.2, 0.25) is 0 Å². The van der Waals surface area contributed by atoms with Gasteiger partial charge in [-0.2, -0.15) is 0 Å². The van der Waals surface area contributed by atoms with E-state index in [0.717, 1.165) is 25.1 Å². The van der Waals surface area contributed by atoms with E-state index in [0.29, 0.717) is 5.92 Å². The van der Waals surface area contributed by atoms with Crippen LogP contribution in [-0.2, 0) is 4.79 Å². The normalized spacial score (nSPS) is 19.8. The topological polar surface area (TPSA) is 41.1 Å². The van der Waals surface area contributed by atoms with E-state index in [1.54, 1.807) is 0 Å². The van der Waals surface area contributed by atoms with Crippen molar-refractivity contribution in [2.24, 2.45) is 0 Å². The minimum absolute atomic E-state index is 0.0287. The highest BCUT2D eigenvalue weighted by Crippen LogP contribution is 2.24. The van der Waals surface area contributed by atoms with Crippen LogP contribution in [-0.4, -0.2) is 18.5 Å². The summed E-state index contributed by atoms with van der Waals surface area (Å²) in [7, 11) is 0. The largest absolute Gasteiger partial charge is 0.324 e. The molecule has 1 aromatic carbocycles. The zero-order valence-corrected chi connectivity index (χ0v) is 11.2. The first kappa shape index (κ1) is 13.1.